The third kappa shape index (κ3) is 3.40. The van der Waals surface area contributed by atoms with E-state index in [4.69, 9.17) is 23.2 Å². The highest BCUT2D eigenvalue weighted by Gasteiger charge is 2.16. The molecular formula is C12H12Cl2N4O2. The van der Waals surface area contributed by atoms with Gasteiger partial charge in [-0.3, -0.25) is 14.8 Å². The molecular weight excluding hydrogens is 303 g/mol. The van der Waals surface area contributed by atoms with E-state index in [2.05, 4.69) is 10.4 Å². The molecule has 1 heterocycles. The van der Waals surface area contributed by atoms with Crippen LogP contribution in [-0.2, 0) is 13.5 Å². The summed E-state index contributed by atoms with van der Waals surface area (Å²) in [5.74, 6) is 0. The van der Waals surface area contributed by atoms with E-state index in [0.29, 0.717) is 18.7 Å². The molecule has 0 bridgehead atoms. The second-order valence-corrected chi connectivity index (χ2v) is 5.05. The molecule has 0 aliphatic carbocycles. The number of nitrogens with one attached hydrogen (secondary N) is 1. The number of hydrogen-bond acceptors (Lipinski definition) is 4. The summed E-state index contributed by atoms with van der Waals surface area (Å²) in [6.45, 7) is 0.532. The lowest BCUT2D eigenvalue weighted by atomic mass is 10.2. The number of aryl methyl sites for hydroxylation is 1. The molecule has 0 unspecified atom stereocenters. The standard InChI is InChI=1S/C12H12Cl2N4O2/c1-17-7-8(6-16-17)2-3-15-11-4-9(13)10(14)5-12(11)18(19)20/h4-7,15H,2-3H2,1H3. The van der Waals surface area contributed by atoms with Crippen molar-refractivity contribution < 1.29 is 4.92 Å². The summed E-state index contributed by atoms with van der Waals surface area (Å²) in [6.07, 6.45) is 4.35. The van der Waals surface area contributed by atoms with Gasteiger partial charge >= 0.3 is 0 Å². The highest BCUT2D eigenvalue weighted by atomic mass is 35.5. The molecule has 20 heavy (non-hydrogen) atoms. The number of halogens is 2. The van der Waals surface area contributed by atoms with Gasteiger partial charge in [-0.15, -0.1) is 0 Å². The first-order valence-corrected chi connectivity index (χ1v) is 6.58. The van der Waals surface area contributed by atoms with Crippen LogP contribution in [0.4, 0.5) is 11.4 Å². The molecule has 0 saturated carbocycles. The fourth-order valence-electron chi connectivity index (χ4n) is 1.77. The molecule has 2 rings (SSSR count). The minimum Gasteiger partial charge on any atom is -0.379 e. The number of benzene rings is 1. The van der Waals surface area contributed by atoms with E-state index in [9.17, 15) is 10.1 Å². The van der Waals surface area contributed by atoms with Crippen molar-refractivity contribution in [3.8, 4) is 0 Å². The summed E-state index contributed by atoms with van der Waals surface area (Å²) in [4.78, 5) is 10.5. The zero-order valence-electron chi connectivity index (χ0n) is 10.6. The maximum Gasteiger partial charge on any atom is 0.293 e. The first-order valence-electron chi connectivity index (χ1n) is 5.82. The van der Waals surface area contributed by atoms with Gasteiger partial charge in [-0.25, -0.2) is 0 Å². The van der Waals surface area contributed by atoms with Crippen LogP contribution in [0.3, 0.4) is 0 Å². The molecule has 0 fully saturated rings. The third-order valence-corrected chi connectivity index (χ3v) is 3.44. The predicted molar refractivity (Wildman–Crippen MR) is 78.5 cm³/mol. The van der Waals surface area contributed by atoms with E-state index in [1.165, 1.54) is 12.1 Å². The van der Waals surface area contributed by atoms with E-state index >= 15 is 0 Å². The SMILES string of the molecule is Cn1cc(CCNc2cc(Cl)c(Cl)cc2[N+](=O)[O-])cn1. The third-order valence-electron chi connectivity index (χ3n) is 2.72. The fraction of sp³-hybridized carbons (Fsp3) is 0.250. The van der Waals surface area contributed by atoms with Gasteiger partial charge in [-0.2, -0.15) is 5.10 Å². The van der Waals surface area contributed by atoms with Crippen molar-refractivity contribution >= 4 is 34.6 Å². The molecule has 0 aliphatic rings. The number of nitro benzene ring substituents is 1. The Morgan fingerprint density at radius 1 is 1.40 bits per heavy atom. The quantitative estimate of drug-likeness (QED) is 0.679. The molecule has 0 spiro atoms. The van der Waals surface area contributed by atoms with Gasteiger partial charge in [0.2, 0.25) is 0 Å². The smallest absolute Gasteiger partial charge is 0.293 e. The van der Waals surface area contributed by atoms with Crippen LogP contribution < -0.4 is 5.32 Å². The average molecular weight is 315 g/mol. The zero-order chi connectivity index (χ0) is 14.7. The Morgan fingerprint density at radius 2 is 2.10 bits per heavy atom. The molecule has 6 nitrogen and oxygen atoms in total. The normalized spacial score (nSPS) is 10.6. The summed E-state index contributed by atoms with van der Waals surface area (Å²) in [6, 6.07) is 2.71. The topological polar surface area (TPSA) is 73.0 Å². The molecule has 0 saturated heterocycles. The second kappa shape index (κ2) is 6.11. The Balaban J connectivity index is 2.08. The Hall–Kier alpha value is -1.79. The Labute approximate surface area is 125 Å². The highest BCUT2D eigenvalue weighted by Crippen LogP contribution is 2.33. The molecule has 106 valence electrons. The number of hydrogen-bond donors (Lipinski definition) is 1. The minimum atomic E-state index is -0.491. The van der Waals surface area contributed by atoms with Crippen LogP contribution in [0.15, 0.2) is 24.5 Å². The second-order valence-electron chi connectivity index (χ2n) is 4.24. The molecule has 0 atom stereocenters. The average Bonchev–Trinajstić information content (AvgIpc) is 2.79. The Kier molecular flexibility index (Phi) is 4.46. The first-order chi connectivity index (χ1) is 9.47. The molecule has 0 aliphatic heterocycles. The van der Waals surface area contributed by atoms with Crippen LogP contribution in [0.5, 0.6) is 0 Å². The number of nitro groups is 1. The van der Waals surface area contributed by atoms with Gasteiger partial charge < -0.3 is 5.32 Å². The van der Waals surface area contributed by atoms with E-state index in [0.717, 1.165) is 5.56 Å². The van der Waals surface area contributed by atoms with Crippen molar-refractivity contribution in [1.82, 2.24) is 9.78 Å². The van der Waals surface area contributed by atoms with Gasteiger partial charge in [0.25, 0.3) is 5.69 Å². The lowest BCUT2D eigenvalue weighted by Gasteiger charge is -2.07. The molecule has 1 N–H and O–H groups in total. The monoisotopic (exact) mass is 314 g/mol. The van der Waals surface area contributed by atoms with Crippen LogP contribution in [-0.4, -0.2) is 21.2 Å². The van der Waals surface area contributed by atoms with Crippen LogP contribution >= 0.6 is 23.2 Å². The number of anilines is 1. The first kappa shape index (κ1) is 14.6. The van der Waals surface area contributed by atoms with Crippen LogP contribution in [0, 0.1) is 10.1 Å². The summed E-state index contributed by atoms with van der Waals surface area (Å²) in [5, 5.41) is 18.5. The summed E-state index contributed by atoms with van der Waals surface area (Å²) in [5.41, 5.74) is 1.31. The lowest BCUT2D eigenvalue weighted by molar-refractivity contribution is -0.383. The van der Waals surface area contributed by atoms with Gasteiger partial charge in [0.1, 0.15) is 5.69 Å². The van der Waals surface area contributed by atoms with Crippen LogP contribution in [0.25, 0.3) is 0 Å². The van der Waals surface area contributed by atoms with Gasteiger partial charge in [0, 0.05) is 25.9 Å². The fourth-order valence-corrected chi connectivity index (χ4v) is 2.09. The van der Waals surface area contributed by atoms with Crippen molar-refractivity contribution in [2.75, 3.05) is 11.9 Å². The minimum absolute atomic E-state index is 0.0920. The maximum atomic E-state index is 11.0. The lowest BCUT2D eigenvalue weighted by Crippen LogP contribution is -2.06. The Bertz CT molecular complexity index is 642. The zero-order valence-corrected chi connectivity index (χ0v) is 12.1. The van der Waals surface area contributed by atoms with E-state index in [1.54, 1.807) is 10.9 Å². The molecule has 2 aromatic rings. The van der Waals surface area contributed by atoms with Gasteiger partial charge in [0.05, 0.1) is 21.2 Å². The van der Waals surface area contributed by atoms with E-state index in [-0.39, 0.29) is 15.7 Å². The largest absolute Gasteiger partial charge is 0.379 e. The number of aromatic nitrogens is 2. The van der Waals surface area contributed by atoms with Gasteiger partial charge in [-0.1, -0.05) is 23.2 Å². The van der Waals surface area contributed by atoms with Crippen LogP contribution in [0.1, 0.15) is 5.56 Å². The van der Waals surface area contributed by atoms with Crippen LogP contribution in [0.2, 0.25) is 10.0 Å². The number of nitrogens with zero attached hydrogens (tertiary/aromatic N) is 3. The predicted octanol–water partition coefficient (Wildman–Crippen LogP) is 3.29. The molecule has 1 aromatic heterocycles. The number of rotatable bonds is 5. The highest BCUT2D eigenvalue weighted by molar-refractivity contribution is 6.42. The Morgan fingerprint density at radius 3 is 2.70 bits per heavy atom. The van der Waals surface area contributed by atoms with Gasteiger partial charge in [-0.05, 0) is 18.1 Å². The summed E-state index contributed by atoms with van der Waals surface area (Å²) in [7, 11) is 1.83. The molecule has 8 heteroatoms. The van der Waals surface area contributed by atoms with Crippen molar-refractivity contribution in [2.45, 2.75) is 6.42 Å². The summed E-state index contributed by atoms with van der Waals surface area (Å²) < 4.78 is 1.71. The molecule has 1 aromatic carbocycles. The van der Waals surface area contributed by atoms with Crippen molar-refractivity contribution in [3.05, 3.63) is 50.2 Å². The van der Waals surface area contributed by atoms with Crippen molar-refractivity contribution in [1.29, 1.82) is 0 Å². The van der Waals surface area contributed by atoms with E-state index < -0.39 is 4.92 Å². The molecule has 0 amide bonds. The van der Waals surface area contributed by atoms with E-state index in [1.807, 2.05) is 13.2 Å². The molecule has 0 radical (unpaired) electrons. The van der Waals surface area contributed by atoms with Crippen molar-refractivity contribution in [3.63, 3.8) is 0 Å². The summed E-state index contributed by atoms with van der Waals surface area (Å²) >= 11 is 11.7. The van der Waals surface area contributed by atoms with Crippen molar-refractivity contribution in [2.24, 2.45) is 7.05 Å². The maximum absolute atomic E-state index is 11.0. The van der Waals surface area contributed by atoms with Gasteiger partial charge in [0.15, 0.2) is 0 Å².